The summed E-state index contributed by atoms with van der Waals surface area (Å²) in [4.78, 5) is 23.2. The highest BCUT2D eigenvalue weighted by Crippen LogP contribution is 2.51. The predicted molar refractivity (Wildman–Crippen MR) is 88.5 cm³/mol. The van der Waals surface area contributed by atoms with Crippen molar-refractivity contribution in [2.45, 2.75) is 49.7 Å². The Morgan fingerprint density at radius 1 is 1.22 bits per heavy atom. The van der Waals surface area contributed by atoms with E-state index in [1.807, 2.05) is 0 Å². The first-order valence-electron chi connectivity index (χ1n) is 8.94. The van der Waals surface area contributed by atoms with Crippen molar-refractivity contribution < 1.29 is 23.0 Å². The molecule has 140 valence electrons. The number of rotatable bonds is 3. The lowest BCUT2D eigenvalue weighted by Crippen LogP contribution is -2.56. The van der Waals surface area contributed by atoms with Gasteiger partial charge in [0.15, 0.2) is 17.2 Å². The molecule has 0 radical (unpaired) electrons. The zero-order chi connectivity index (χ0) is 18.6. The van der Waals surface area contributed by atoms with E-state index >= 15 is 0 Å². The molecule has 1 spiro atoms. The molecule has 2 atom stereocenters. The van der Waals surface area contributed by atoms with Gasteiger partial charge in [0.25, 0.3) is 5.91 Å². The van der Waals surface area contributed by atoms with Gasteiger partial charge in [0.2, 0.25) is 0 Å². The number of hydrogen-bond acceptors (Lipinski definition) is 5. The van der Waals surface area contributed by atoms with Crippen molar-refractivity contribution in [3.05, 3.63) is 54.1 Å². The van der Waals surface area contributed by atoms with Crippen molar-refractivity contribution in [2.75, 3.05) is 0 Å². The average Bonchev–Trinajstić information content (AvgIpc) is 3.16. The largest absolute Gasteiger partial charge is 0.487 e. The van der Waals surface area contributed by atoms with Crippen molar-refractivity contribution in [1.29, 1.82) is 0 Å². The zero-order valence-electron chi connectivity index (χ0n) is 14.3. The number of halogens is 2. The summed E-state index contributed by atoms with van der Waals surface area (Å²) in [5.74, 6) is -1.49. The van der Waals surface area contributed by atoms with Crippen molar-refractivity contribution in [1.82, 2.24) is 14.9 Å². The van der Waals surface area contributed by atoms with Gasteiger partial charge in [-0.2, -0.15) is 0 Å². The van der Waals surface area contributed by atoms with Crippen LogP contribution in [0.15, 0.2) is 36.8 Å². The van der Waals surface area contributed by atoms with E-state index in [1.54, 1.807) is 23.5 Å². The third-order valence-corrected chi connectivity index (χ3v) is 5.55. The molecule has 2 saturated heterocycles. The Labute approximate surface area is 154 Å². The number of hydrogen-bond donors (Lipinski definition) is 0. The van der Waals surface area contributed by atoms with Crippen LogP contribution in [0, 0.1) is 11.6 Å². The first-order chi connectivity index (χ1) is 13.1. The lowest BCUT2D eigenvalue weighted by Gasteiger charge is -2.42. The minimum absolute atomic E-state index is 0.0142. The molecule has 3 fully saturated rings. The second kappa shape index (κ2) is 5.95. The van der Waals surface area contributed by atoms with Crippen LogP contribution in [-0.2, 0) is 9.53 Å². The first kappa shape index (κ1) is 16.6. The van der Waals surface area contributed by atoms with Crippen LogP contribution in [0.4, 0.5) is 8.78 Å². The fraction of sp³-hybridized carbons (Fsp3) is 0.421. The molecule has 27 heavy (non-hydrogen) atoms. The number of carbonyl (C=O) groups is 1. The first-order valence-corrected chi connectivity index (χ1v) is 8.94. The third kappa shape index (κ3) is 2.58. The number of aromatic nitrogens is 2. The monoisotopic (exact) mass is 373 g/mol. The standard InChI is InChI=1S/C19H17F2N3O3/c20-11-1-3-16(13(21)7-11)26-12-8-19(9-12)18(25)24-15(2-4-17(24)27-19)14-10-22-5-6-23-14/h1,3,5-7,10,12,15,17H,2,4,8-9H2. The van der Waals surface area contributed by atoms with Crippen molar-refractivity contribution in [3.8, 4) is 5.75 Å². The number of benzene rings is 1. The molecule has 6 nitrogen and oxygen atoms in total. The van der Waals surface area contributed by atoms with Crippen LogP contribution in [0.25, 0.3) is 0 Å². The van der Waals surface area contributed by atoms with Gasteiger partial charge in [-0.25, -0.2) is 8.78 Å². The zero-order valence-corrected chi connectivity index (χ0v) is 14.3. The van der Waals surface area contributed by atoms with Crippen LogP contribution >= 0.6 is 0 Å². The number of nitrogens with zero attached hydrogens (tertiary/aromatic N) is 3. The highest BCUT2D eigenvalue weighted by Gasteiger charge is 2.63. The molecule has 2 aromatic rings. The van der Waals surface area contributed by atoms with Gasteiger partial charge < -0.3 is 14.4 Å². The molecule has 0 bridgehead atoms. The quantitative estimate of drug-likeness (QED) is 0.828. The van der Waals surface area contributed by atoms with E-state index < -0.39 is 17.2 Å². The van der Waals surface area contributed by atoms with Gasteiger partial charge >= 0.3 is 0 Å². The average molecular weight is 373 g/mol. The van der Waals surface area contributed by atoms with Crippen molar-refractivity contribution in [2.24, 2.45) is 0 Å². The summed E-state index contributed by atoms with van der Waals surface area (Å²) in [5.41, 5.74) is -0.151. The van der Waals surface area contributed by atoms with Crippen molar-refractivity contribution in [3.63, 3.8) is 0 Å². The maximum absolute atomic E-state index is 13.8. The summed E-state index contributed by atoms with van der Waals surface area (Å²) in [5, 5.41) is 0. The topological polar surface area (TPSA) is 64.6 Å². The molecular formula is C19H17F2N3O3. The van der Waals surface area contributed by atoms with Crippen LogP contribution < -0.4 is 4.74 Å². The molecule has 1 aromatic carbocycles. The Bertz CT molecular complexity index is 889. The summed E-state index contributed by atoms with van der Waals surface area (Å²) in [6, 6.07) is 3.05. The fourth-order valence-electron chi connectivity index (χ4n) is 4.27. The Balaban J connectivity index is 1.29. The summed E-state index contributed by atoms with van der Waals surface area (Å²) in [6.45, 7) is 0. The smallest absolute Gasteiger partial charge is 0.257 e. The van der Waals surface area contributed by atoms with E-state index in [-0.39, 0.29) is 30.0 Å². The molecule has 1 aromatic heterocycles. The highest BCUT2D eigenvalue weighted by molar-refractivity contribution is 5.89. The van der Waals surface area contributed by atoms with E-state index in [0.29, 0.717) is 12.8 Å². The van der Waals surface area contributed by atoms with Gasteiger partial charge in [-0.05, 0) is 25.0 Å². The molecule has 3 aliphatic rings. The maximum atomic E-state index is 13.8. The minimum atomic E-state index is -0.910. The van der Waals surface area contributed by atoms with Gasteiger partial charge in [0.05, 0.1) is 17.9 Å². The maximum Gasteiger partial charge on any atom is 0.257 e. The van der Waals surface area contributed by atoms with Gasteiger partial charge in [-0.15, -0.1) is 0 Å². The Morgan fingerprint density at radius 3 is 2.81 bits per heavy atom. The van der Waals surface area contributed by atoms with E-state index in [4.69, 9.17) is 9.47 Å². The third-order valence-electron chi connectivity index (χ3n) is 5.55. The number of amides is 1. The van der Waals surface area contributed by atoms with Crippen LogP contribution in [0.1, 0.15) is 37.4 Å². The Morgan fingerprint density at radius 2 is 2.07 bits per heavy atom. The van der Waals surface area contributed by atoms with Gasteiger partial charge in [-0.3, -0.25) is 14.8 Å². The molecule has 2 unspecified atom stereocenters. The summed E-state index contributed by atoms with van der Waals surface area (Å²) >= 11 is 0. The summed E-state index contributed by atoms with van der Waals surface area (Å²) in [7, 11) is 0. The fourth-order valence-corrected chi connectivity index (χ4v) is 4.27. The highest BCUT2D eigenvalue weighted by atomic mass is 19.1. The molecular weight excluding hydrogens is 356 g/mol. The van der Waals surface area contributed by atoms with Crippen LogP contribution in [0.2, 0.25) is 0 Å². The van der Waals surface area contributed by atoms with Gasteiger partial charge in [0.1, 0.15) is 18.1 Å². The predicted octanol–water partition coefficient (Wildman–Crippen LogP) is 2.75. The molecule has 5 rings (SSSR count). The normalized spacial score (nSPS) is 31.9. The second-order valence-corrected chi connectivity index (χ2v) is 7.23. The van der Waals surface area contributed by atoms with E-state index in [1.165, 1.54) is 6.07 Å². The Hall–Kier alpha value is -2.61. The van der Waals surface area contributed by atoms with Crippen LogP contribution in [-0.4, -0.2) is 38.7 Å². The molecule has 3 heterocycles. The molecule has 1 amide bonds. The second-order valence-electron chi connectivity index (χ2n) is 7.23. The minimum Gasteiger partial charge on any atom is -0.487 e. The SMILES string of the molecule is O=C1N2C(CCC2c2cnccn2)OC12CC(Oc1ccc(F)cc1F)C2. The number of ether oxygens (including phenoxy) is 2. The summed E-state index contributed by atoms with van der Waals surface area (Å²) < 4.78 is 38.4. The van der Waals surface area contributed by atoms with Crippen molar-refractivity contribution >= 4 is 5.91 Å². The Kier molecular flexibility index (Phi) is 3.65. The van der Waals surface area contributed by atoms with Crippen LogP contribution in [0.5, 0.6) is 5.75 Å². The van der Waals surface area contributed by atoms with Gasteiger partial charge in [-0.1, -0.05) is 0 Å². The van der Waals surface area contributed by atoms with Gasteiger partial charge in [0, 0.05) is 31.3 Å². The molecule has 1 aliphatic carbocycles. The lowest BCUT2D eigenvalue weighted by atomic mass is 9.76. The molecule has 2 aliphatic heterocycles. The lowest BCUT2D eigenvalue weighted by molar-refractivity contribution is -0.162. The molecule has 0 N–H and O–H groups in total. The number of fused-ring (bicyclic) bond motifs is 1. The van der Waals surface area contributed by atoms with E-state index in [0.717, 1.165) is 30.7 Å². The van der Waals surface area contributed by atoms with E-state index in [2.05, 4.69) is 9.97 Å². The molecule has 1 saturated carbocycles. The number of carbonyl (C=O) groups excluding carboxylic acids is 1. The molecule has 8 heteroatoms. The van der Waals surface area contributed by atoms with E-state index in [9.17, 15) is 13.6 Å². The summed E-state index contributed by atoms with van der Waals surface area (Å²) in [6.07, 6.45) is 6.50. The van der Waals surface area contributed by atoms with Crippen LogP contribution in [0.3, 0.4) is 0 Å².